The Morgan fingerprint density at radius 3 is 2.24 bits per heavy atom. The highest BCUT2D eigenvalue weighted by Gasteiger charge is 2.40. The third kappa shape index (κ3) is 3.61. The molecule has 0 fully saturated rings. The summed E-state index contributed by atoms with van der Waals surface area (Å²) >= 11 is 3.44. The van der Waals surface area contributed by atoms with Crippen molar-refractivity contribution in [1.82, 2.24) is 0 Å². The van der Waals surface area contributed by atoms with Crippen molar-refractivity contribution in [2.75, 3.05) is 10.2 Å². The van der Waals surface area contributed by atoms with Crippen molar-refractivity contribution in [1.29, 1.82) is 0 Å². The molecule has 0 saturated carbocycles. The van der Waals surface area contributed by atoms with Crippen LogP contribution in [0.1, 0.15) is 16.7 Å². The number of rotatable bonds is 4. The second kappa shape index (κ2) is 7.68. The third-order valence-corrected chi connectivity index (χ3v) is 5.48. The first-order chi connectivity index (χ1) is 14.0. The number of hydrogen-bond donors (Lipinski definition) is 1. The van der Waals surface area contributed by atoms with E-state index in [0.29, 0.717) is 16.8 Å². The van der Waals surface area contributed by atoms with E-state index in [1.165, 1.54) is 4.90 Å². The summed E-state index contributed by atoms with van der Waals surface area (Å²) in [4.78, 5) is 28.0. The summed E-state index contributed by atoms with van der Waals surface area (Å²) in [5.41, 5.74) is 4.78. The van der Waals surface area contributed by atoms with Crippen LogP contribution in [0.4, 0.5) is 11.4 Å². The largest absolute Gasteiger partial charge is 0.350 e. The second-order valence-electron chi connectivity index (χ2n) is 6.97. The fourth-order valence-electron chi connectivity index (χ4n) is 3.33. The number of nitrogens with zero attached hydrogens (tertiary/aromatic N) is 1. The van der Waals surface area contributed by atoms with Gasteiger partial charge >= 0.3 is 0 Å². The molecule has 0 spiro atoms. The summed E-state index contributed by atoms with van der Waals surface area (Å²) in [6.07, 6.45) is 0. The van der Waals surface area contributed by atoms with Gasteiger partial charge in [-0.25, -0.2) is 4.90 Å². The number of halogens is 1. The summed E-state index contributed by atoms with van der Waals surface area (Å²) in [7, 11) is 0. The molecular weight excluding hydrogens is 428 g/mol. The first-order valence-corrected chi connectivity index (χ1v) is 10.0. The lowest BCUT2D eigenvalue weighted by Crippen LogP contribution is -2.32. The molecule has 3 aromatic rings. The van der Waals surface area contributed by atoms with Crippen LogP contribution in [0.2, 0.25) is 0 Å². The van der Waals surface area contributed by atoms with Crippen LogP contribution in [0.3, 0.4) is 0 Å². The molecule has 1 heterocycles. The van der Waals surface area contributed by atoms with Crippen LogP contribution in [0.5, 0.6) is 0 Å². The fourth-order valence-corrected chi connectivity index (χ4v) is 3.73. The van der Waals surface area contributed by atoms with E-state index in [9.17, 15) is 9.59 Å². The Kier molecular flexibility index (Phi) is 5.07. The summed E-state index contributed by atoms with van der Waals surface area (Å²) in [6.45, 7) is 3.97. The average molecular weight is 447 g/mol. The molecule has 0 aromatic heterocycles. The molecule has 0 bridgehead atoms. The SMILES string of the molecule is Cc1ccc(N2C(=O)C(Nc3cccc(Br)c3)=C(c3ccccc3)C2=O)cc1C. The van der Waals surface area contributed by atoms with Gasteiger partial charge in [0.25, 0.3) is 11.8 Å². The molecule has 2 amide bonds. The van der Waals surface area contributed by atoms with Crippen LogP contribution in [-0.4, -0.2) is 11.8 Å². The number of anilines is 2. The van der Waals surface area contributed by atoms with Gasteiger partial charge in [0, 0.05) is 10.2 Å². The zero-order valence-electron chi connectivity index (χ0n) is 16.1. The van der Waals surface area contributed by atoms with Crippen molar-refractivity contribution in [3.8, 4) is 0 Å². The van der Waals surface area contributed by atoms with Crippen molar-refractivity contribution in [2.24, 2.45) is 0 Å². The van der Waals surface area contributed by atoms with E-state index in [-0.39, 0.29) is 17.5 Å². The van der Waals surface area contributed by atoms with E-state index in [0.717, 1.165) is 21.3 Å². The molecule has 0 saturated heterocycles. The number of amides is 2. The highest BCUT2D eigenvalue weighted by Crippen LogP contribution is 2.34. The summed E-state index contributed by atoms with van der Waals surface area (Å²) in [5, 5.41) is 3.17. The van der Waals surface area contributed by atoms with Crippen LogP contribution in [0.15, 0.2) is 83.0 Å². The number of imide groups is 1. The number of aryl methyl sites for hydroxylation is 2. The third-order valence-electron chi connectivity index (χ3n) is 4.99. The molecule has 0 radical (unpaired) electrons. The maximum absolute atomic E-state index is 13.4. The predicted molar refractivity (Wildman–Crippen MR) is 120 cm³/mol. The number of nitrogens with one attached hydrogen (secondary N) is 1. The summed E-state index contributed by atoms with van der Waals surface area (Å²) < 4.78 is 0.882. The topological polar surface area (TPSA) is 49.4 Å². The molecule has 1 aliphatic rings. The zero-order chi connectivity index (χ0) is 20.5. The molecule has 3 aromatic carbocycles. The van der Waals surface area contributed by atoms with Gasteiger partial charge in [0.05, 0.1) is 11.3 Å². The van der Waals surface area contributed by atoms with Crippen molar-refractivity contribution in [3.05, 3.63) is 99.7 Å². The van der Waals surface area contributed by atoms with E-state index in [2.05, 4.69) is 21.2 Å². The normalized spacial score (nSPS) is 14.0. The molecule has 1 N–H and O–H groups in total. The monoisotopic (exact) mass is 446 g/mol. The lowest BCUT2D eigenvalue weighted by atomic mass is 10.0. The van der Waals surface area contributed by atoms with Gasteiger partial charge in [0.15, 0.2) is 0 Å². The molecule has 0 aliphatic carbocycles. The smallest absolute Gasteiger partial charge is 0.282 e. The number of benzene rings is 3. The fraction of sp³-hybridized carbons (Fsp3) is 0.0833. The first kappa shape index (κ1) is 19.2. The molecular formula is C24H19BrN2O2. The Hall–Kier alpha value is -3.18. The van der Waals surface area contributed by atoms with E-state index in [1.54, 1.807) is 0 Å². The highest BCUT2D eigenvalue weighted by atomic mass is 79.9. The minimum absolute atomic E-state index is 0.275. The molecule has 1 aliphatic heterocycles. The second-order valence-corrected chi connectivity index (χ2v) is 7.88. The van der Waals surface area contributed by atoms with Crippen LogP contribution >= 0.6 is 15.9 Å². The van der Waals surface area contributed by atoms with E-state index in [1.807, 2.05) is 86.6 Å². The highest BCUT2D eigenvalue weighted by molar-refractivity contribution is 9.10. The quantitative estimate of drug-likeness (QED) is 0.541. The Morgan fingerprint density at radius 2 is 1.55 bits per heavy atom. The molecule has 4 nitrogen and oxygen atoms in total. The molecule has 5 heteroatoms. The van der Waals surface area contributed by atoms with Gasteiger partial charge in [-0.15, -0.1) is 0 Å². The van der Waals surface area contributed by atoms with E-state index >= 15 is 0 Å². The van der Waals surface area contributed by atoms with Crippen molar-refractivity contribution in [3.63, 3.8) is 0 Å². The number of hydrogen-bond acceptors (Lipinski definition) is 3. The van der Waals surface area contributed by atoms with Gasteiger partial charge in [-0.2, -0.15) is 0 Å². The predicted octanol–water partition coefficient (Wildman–Crippen LogP) is 5.46. The first-order valence-electron chi connectivity index (χ1n) is 9.24. The van der Waals surface area contributed by atoms with Crippen molar-refractivity contribution in [2.45, 2.75) is 13.8 Å². The lowest BCUT2D eigenvalue weighted by molar-refractivity contribution is -0.120. The van der Waals surface area contributed by atoms with Gasteiger partial charge in [-0.05, 0) is 60.9 Å². The molecule has 0 atom stereocenters. The zero-order valence-corrected chi connectivity index (χ0v) is 17.7. The van der Waals surface area contributed by atoms with E-state index in [4.69, 9.17) is 0 Å². The molecule has 4 rings (SSSR count). The Bertz CT molecular complexity index is 1150. The lowest BCUT2D eigenvalue weighted by Gasteiger charge is -2.17. The summed E-state index contributed by atoms with van der Waals surface area (Å²) in [6, 6.07) is 22.4. The number of carbonyl (C=O) groups is 2. The molecule has 0 unspecified atom stereocenters. The van der Waals surface area contributed by atoms with Gasteiger partial charge in [0.1, 0.15) is 5.70 Å². The standard InChI is InChI=1S/C24H19BrN2O2/c1-15-11-12-20(13-16(15)2)27-23(28)21(17-7-4-3-5-8-17)22(24(27)29)26-19-10-6-9-18(25)14-19/h3-14,26H,1-2H3. The van der Waals surface area contributed by atoms with Crippen LogP contribution < -0.4 is 10.2 Å². The Morgan fingerprint density at radius 1 is 0.793 bits per heavy atom. The van der Waals surface area contributed by atoms with Crippen molar-refractivity contribution >= 4 is 44.7 Å². The van der Waals surface area contributed by atoms with E-state index < -0.39 is 0 Å². The molecule has 29 heavy (non-hydrogen) atoms. The maximum atomic E-state index is 13.4. The maximum Gasteiger partial charge on any atom is 0.282 e. The van der Waals surface area contributed by atoms with Crippen molar-refractivity contribution < 1.29 is 9.59 Å². The van der Waals surface area contributed by atoms with Crippen LogP contribution in [0, 0.1) is 13.8 Å². The minimum atomic E-state index is -0.364. The summed E-state index contributed by atoms with van der Waals surface area (Å²) in [5.74, 6) is -0.695. The average Bonchev–Trinajstić information content (AvgIpc) is 2.95. The van der Waals surface area contributed by atoms with Gasteiger partial charge in [0.2, 0.25) is 0 Å². The van der Waals surface area contributed by atoms with Crippen LogP contribution in [-0.2, 0) is 9.59 Å². The van der Waals surface area contributed by atoms with Gasteiger partial charge < -0.3 is 5.32 Å². The molecule has 144 valence electrons. The van der Waals surface area contributed by atoms with Gasteiger partial charge in [-0.3, -0.25) is 9.59 Å². The Balaban J connectivity index is 1.82. The minimum Gasteiger partial charge on any atom is -0.350 e. The van der Waals surface area contributed by atoms with Crippen LogP contribution in [0.25, 0.3) is 5.57 Å². The van der Waals surface area contributed by atoms with Gasteiger partial charge in [-0.1, -0.05) is 58.4 Å². The number of carbonyl (C=O) groups excluding carboxylic acids is 2. The Labute approximate surface area is 178 Å².